The third-order valence-corrected chi connectivity index (χ3v) is 12.0. The van der Waals surface area contributed by atoms with Gasteiger partial charge in [-0.15, -0.1) is 0 Å². The van der Waals surface area contributed by atoms with E-state index < -0.39 is 134 Å². The van der Waals surface area contributed by atoms with Crippen molar-refractivity contribution >= 4 is 0 Å². The zero-order chi connectivity index (χ0) is 44.6. The van der Waals surface area contributed by atoms with E-state index >= 15 is 0 Å². The van der Waals surface area contributed by atoms with Crippen molar-refractivity contribution in [2.24, 2.45) is 45.9 Å². The molecule has 0 aromatic carbocycles. The number of hydrogen-bond acceptors (Lipinski definition) is 24. The molecule has 4 rings (SSSR count). The predicted octanol–water partition coefficient (Wildman–Crippen LogP) is -9.80. The minimum absolute atomic E-state index is 0.103. The van der Waals surface area contributed by atoms with Gasteiger partial charge in [-0.25, -0.2) is 0 Å². The summed E-state index contributed by atoms with van der Waals surface area (Å²) in [6.07, 6.45) is -16.1. The molecule has 0 aromatic heterocycles. The van der Waals surface area contributed by atoms with Crippen molar-refractivity contribution in [3.63, 3.8) is 0 Å². The van der Waals surface area contributed by atoms with Crippen LogP contribution < -0.4 is 45.9 Å². The van der Waals surface area contributed by atoms with E-state index in [1.165, 1.54) is 0 Å². The van der Waals surface area contributed by atoms with Gasteiger partial charge in [-0.1, -0.05) is 0 Å². The molecule has 2 saturated carbocycles. The number of rotatable bonds is 21. The molecule has 60 heavy (non-hydrogen) atoms. The summed E-state index contributed by atoms with van der Waals surface area (Å²) in [5, 5.41) is 84.8. The van der Waals surface area contributed by atoms with Gasteiger partial charge in [-0.3, -0.25) is 0 Å². The van der Waals surface area contributed by atoms with Crippen LogP contribution in [-0.4, -0.2) is 252 Å². The summed E-state index contributed by atoms with van der Waals surface area (Å²) in [4.78, 5) is 3.86. The third-order valence-electron chi connectivity index (χ3n) is 12.0. The first-order chi connectivity index (χ1) is 28.3. The van der Waals surface area contributed by atoms with Gasteiger partial charge in [0.2, 0.25) is 0 Å². The molecule has 24 heteroatoms. The van der Waals surface area contributed by atoms with Crippen LogP contribution >= 0.6 is 0 Å². The normalized spacial score (nSPS) is 44.0. The van der Waals surface area contributed by atoms with Crippen LogP contribution in [0, 0.1) is 0 Å². The van der Waals surface area contributed by atoms with E-state index in [9.17, 15) is 40.9 Å². The zero-order valence-electron chi connectivity index (χ0n) is 34.7. The van der Waals surface area contributed by atoms with E-state index in [2.05, 4.69) is 0 Å². The van der Waals surface area contributed by atoms with Crippen LogP contribution in [-0.2, 0) is 28.4 Å². The Labute approximate surface area is 351 Å². The van der Waals surface area contributed by atoms with Crippen LogP contribution in [0.2, 0.25) is 0 Å². The lowest BCUT2D eigenvalue weighted by atomic mass is 9.84. The third kappa shape index (κ3) is 13.3. The van der Waals surface area contributed by atoms with Gasteiger partial charge in [0.25, 0.3) is 0 Å². The highest BCUT2D eigenvalue weighted by Gasteiger charge is 2.50. The quantitative estimate of drug-likeness (QED) is 0.0476. The number of aliphatic hydroxyl groups is 8. The molecule has 2 aliphatic heterocycles. The zero-order valence-corrected chi connectivity index (χ0v) is 34.7. The number of nitrogens with two attached hydrogens (primary N) is 8. The molecule has 2 saturated heterocycles. The van der Waals surface area contributed by atoms with Gasteiger partial charge >= 0.3 is 0 Å². The lowest BCUT2D eigenvalue weighted by molar-refractivity contribution is -0.292. The van der Waals surface area contributed by atoms with Gasteiger partial charge in [0, 0.05) is 50.3 Å². The molecule has 4 aliphatic rings. The van der Waals surface area contributed by atoms with E-state index in [-0.39, 0.29) is 52.2 Å². The fraction of sp³-hybridized carbons (Fsp3) is 1.00. The Morgan fingerprint density at radius 1 is 0.533 bits per heavy atom. The molecule has 0 unspecified atom stereocenters. The average molecular weight is 873 g/mol. The summed E-state index contributed by atoms with van der Waals surface area (Å²) < 4.78 is 35.5. The second kappa shape index (κ2) is 23.8. The Morgan fingerprint density at radius 2 is 0.883 bits per heavy atom. The Bertz CT molecular complexity index is 1160. The highest BCUT2D eigenvalue weighted by atomic mass is 16.7. The van der Waals surface area contributed by atoms with Crippen LogP contribution in [0.1, 0.15) is 25.7 Å². The standard InChI is InChI=1S/C36H76N10O14/c1-45(11-15(47)13-55-33-25(49)17(39)7-19(41)31(33)59-35-23(43)29(53)27(51)21(9-37)57-35)5-3-4-6-46(2)12-16(48)14-56-34-26(50)18(40)8-20(42)32(34)60-36-24(44)30(54)28(52)22(10-38)58-36/h15-36,47-54H,3-14,37-44H2,1-2H3/t15-,16-,17+,18+,19-,20-,21+,22+,23+,24+,25-,26-,27+,28+,29+,30+,31+,32+,33+,34+,35+,36+/m0/s1. The van der Waals surface area contributed by atoms with Crippen molar-refractivity contribution in [3.05, 3.63) is 0 Å². The molecule has 0 amide bonds. The lowest BCUT2D eigenvalue weighted by Gasteiger charge is -2.47. The fourth-order valence-corrected chi connectivity index (χ4v) is 8.35. The number of hydrogen-bond donors (Lipinski definition) is 16. The van der Waals surface area contributed by atoms with Gasteiger partial charge < -0.3 is 125 Å². The molecular weight excluding hydrogens is 796 g/mol. The maximum absolute atomic E-state index is 10.9. The van der Waals surface area contributed by atoms with Crippen LogP contribution in [0.25, 0.3) is 0 Å². The maximum atomic E-state index is 10.9. The minimum atomic E-state index is -1.38. The van der Waals surface area contributed by atoms with Gasteiger partial charge in [0.05, 0.1) is 49.7 Å². The van der Waals surface area contributed by atoms with E-state index in [4.69, 9.17) is 74.3 Å². The van der Waals surface area contributed by atoms with Gasteiger partial charge in [0.15, 0.2) is 12.6 Å². The molecule has 354 valence electrons. The van der Waals surface area contributed by atoms with E-state index in [0.29, 0.717) is 13.1 Å². The molecule has 0 bridgehead atoms. The van der Waals surface area contributed by atoms with E-state index in [1.807, 2.05) is 23.9 Å². The Kier molecular flexibility index (Phi) is 20.5. The number of unbranched alkanes of at least 4 members (excludes halogenated alkanes) is 1. The summed E-state index contributed by atoms with van der Waals surface area (Å²) in [6, 6.07) is -5.13. The molecule has 0 radical (unpaired) electrons. The largest absolute Gasteiger partial charge is 0.389 e. The topological polar surface area (TPSA) is 432 Å². The van der Waals surface area contributed by atoms with Gasteiger partial charge in [-0.05, 0) is 52.9 Å². The van der Waals surface area contributed by atoms with Crippen molar-refractivity contribution in [1.29, 1.82) is 0 Å². The summed E-state index contributed by atoms with van der Waals surface area (Å²) >= 11 is 0. The van der Waals surface area contributed by atoms with Crippen molar-refractivity contribution in [2.75, 3.05) is 66.6 Å². The number of nitrogens with zero attached hydrogens (tertiary/aromatic N) is 2. The summed E-state index contributed by atoms with van der Waals surface area (Å²) in [7, 11) is 3.70. The predicted molar refractivity (Wildman–Crippen MR) is 214 cm³/mol. The van der Waals surface area contributed by atoms with Crippen LogP contribution in [0.4, 0.5) is 0 Å². The first kappa shape index (κ1) is 51.7. The first-order valence-corrected chi connectivity index (χ1v) is 20.9. The van der Waals surface area contributed by atoms with Gasteiger partial charge in [0.1, 0.15) is 61.0 Å². The van der Waals surface area contributed by atoms with Crippen LogP contribution in [0.5, 0.6) is 0 Å². The van der Waals surface area contributed by atoms with Crippen LogP contribution in [0.15, 0.2) is 0 Å². The van der Waals surface area contributed by atoms with E-state index in [0.717, 1.165) is 12.8 Å². The fourth-order valence-electron chi connectivity index (χ4n) is 8.35. The number of aliphatic hydroxyl groups excluding tert-OH is 8. The second-order valence-electron chi connectivity index (χ2n) is 17.1. The second-order valence-corrected chi connectivity index (χ2v) is 17.1. The monoisotopic (exact) mass is 873 g/mol. The van der Waals surface area contributed by atoms with Crippen LogP contribution in [0.3, 0.4) is 0 Å². The molecule has 22 atom stereocenters. The van der Waals surface area contributed by atoms with Crippen molar-refractivity contribution in [1.82, 2.24) is 9.80 Å². The molecule has 0 spiro atoms. The van der Waals surface area contributed by atoms with Crippen molar-refractivity contribution in [3.8, 4) is 0 Å². The van der Waals surface area contributed by atoms with Gasteiger partial charge in [-0.2, -0.15) is 0 Å². The summed E-state index contributed by atoms with van der Waals surface area (Å²) in [5.41, 5.74) is 48.5. The van der Waals surface area contributed by atoms with Crippen molar-refractivity contribution in [2.45, 2.75) is 160 Å². The Balaban J connectivity index is 1.18. The number of likely N-dealkylation sites (N-methyl/N-ethyl adjacent to an activating group) is 2. The Hall–Kier alpha value is -0.960. The summed E-state index contributed by atoms with van der Waals surface area (Å²) in [6.45, 7) is 1.21. The molecule has 2 aliphatic carbocycles. The Morgan fingerprint density at radius 3 is 1.22 bits per heavy atom. The summed E-state index contributed by atoms with van der Waals surface area (Å²) in [5.74, 6) is 0. The molecule has 24 N–H and O–H groups in total. The SMILES string of the molecule is CN(CCCCN(C)C[C@H](O)CO[C@@H]1[C@@H](O)[C@H](N)C[C@H](N)[C@H]1O[C@H]1O[C@H](CN)[C@@H](O)[C@H](O)[C@H]1N)C[C@H](O)CO[C@@H]1[C@@H](O)[C@H](N)C[C@H](N)[C@H]1O[C@H]1O[C@H](CN)[C@@H](O)[C@H](O)[C@H]1N. The van der Waals surface area contributed by atoms with E-state index in [1.54, 1.807) is 0 Å². The molecule has 4 fully saturated rings. The minimum Gasteiger partial charge on any atom is -0.389 e. The maximum Gasteiger partial charge on any atom is 0.176 e. The first-order valence-electron chi connectivity index (χ1n) is 20.9. The smallest absolute Gasteiger partial charge is 0.176 e. The lowest BCUT2D eigenvalue weighted by Crippen LogP contribution is -2.68. The molecular formula is C36H76N10O14. The van der Waals surface area contributed by atoms with Crippen molar-refractivity contribution < 1.29 is 69.3 Å². The molecule has 24 nitrogen and oxygen atoms in total. The highest BCUT2D eigenvalue weighted by Crippen LogP contribution is 2.30. The molecule has 2 heterocycles. The average Bonchev–Trinajstić information content (AvgIpc) is 3.20. The molecule has 0 aromatic rings. The highest BCUT2D eigenvalue weighted by molar-refractivity contribution is 5.02. The number of ether oxygens (including phenoxy) is 6.